The predicted octanol–water partition coefficient (Wildman–Crippen LogP) is 3.04. The zero-order valence-corrected chi connectivity index (χ0v) is 17.0. The van der Waals surface area contributed by atoms with Crippen LogP contribution in [0.15, 0.2) is 18.2 Å². The Bertz CT molecular complexity index is 633. The first kappa shape index (κ1) is 20.9. The lowest BCUT2D eigenvalue weighted by Gasteiger charge is -2.36. The van der Waals surface area contributed by atoms with E-state index in [1.165, 1.54) is 25.7 Å². The molecule has 2 heterocycles. The van der Waals surface area contributed by atoms with Gasteiger partial charge in [-0.1, -0.05) is 38.7 Å². The number of ether oxygens (including phenoxy) is 2. The largest absolute Gasteiger partial charge is 0.486 e. The van der Waals surface area contributed by atoms with Gasteiger partial charge in [-0.2, -0.15) is 0 Å². The van der Waals surface area contributed by atoms with Gasteiger partial charge in [-0.05, 0) is 43.6 Å². The van der Waals surface area contributed by atoms with E-state index >= 15 is 0 Å². The molecule has 2 aliphatic heterocycles. The van der Waals surface area contributed by atoms with Crippen molar-refractivity contribution in [1.29, 1.82) is 0 Å². The summed E-state index contributed by atoms with van der Waals surface area (Å²) in [6.07, 6.45) is 6.52. The van der Waals surface area contributed by atoms with Crippen molar-refractivity contribution in [2.24, 2.45) is 0 Å². The number of aliphatic hydroxyl groups is 1. The molecule has 6 heteroatoms. The van der Waals surface area contributed by atoms with E-state index in [2.05, 4.69) is 17.1 Å². The standard InChI is InChI=1S/C22H34N2O4/c1-2-3-4-5-6-8-21(25)23-18(16-24-11-7-12-24)22(26)17-9-10-19-20(15-17)28-14-13-27-19/h9-10,15,18,22,26H,2-8,11-14,16H2,1H3,(H,23,25)/t18-,22-/m1/s1. The van der Waals surface area contributed by atoms with Crippen LogP contribution in [-0.2, 0) is 4.79 Å². The molecular weight excluding hydrogens is 356 g/mol. The molecule has 0 spiro atoms. The lowest BCUT2D eigenvalue weighted by Crippen LogP contribution is -2.50. The van der Waals surface area contributed by atoms with Gasteiger partial charge in [0.2, 0.25) is 5.91 Å². The van der Waals surface area contributed by atoms with Crippen molar-refractivity contribution in [2.45, 2.75) is 64.0 Å². The number of nitrogens with one attached hydrogen (secondary N) is 1. The molecule has 1 fully saturated rings. The molecule has 6 nitrogen and oxygen atoms in total. The van der Waals surface area contributed by atoms with E-state index in [9.17, 15) is 9.90 Å². The number of hydrogen-bond donors (Lipinski definition) is 2. The van der Waals surface area contributed by atoms with Gasteiger partial charge in [0, 0.05) is 13.0 Å². The van der Waals surface area contributed by atoms with Crippen molar-refractivity contribution in [1.82, 2.24) is 10.2 Å². The summed E-state index contributed by atoms with van der Waals surface area (Å²) in [6, 6.07) is 5.20. The number of unbranched alkanes of at least 4 members (excludes halogenated alkanes) is 4. The summed E-state index contributed by atoms with van der Waals surface area (Å²) in [5.74, 6) is 1.39. The number of hydrogen-bond acceptors (Lipinski definition) is 5. The highest BCUT2D eigenvalue weighted by atomic mass is 16.6. The first-order valence-electron chi connectivity index (χ1n) is 10.8. The third kappa shape index (κ3) is 5.85. The van der Waals surface area contributed by atoms with Crippen LogP contribution in [0.25, 0.3) is 0 Å². The maximum atomic E-state index is 12.5. The molecule has 1 aromatic carbocycles. The second-order valence-corrected chi connectivity index (χ2v) is 7.84. The summed E-state index contributed by atoms with van der Waals surface area (Å²) >= 11 is 0. The number of aliphatic hydroxyl groups excluding tert-OH is 1. The number of nitrogens with zero attached hydrogens (tertiary/aromatic N) is 1. The van der Waals surface area contributed by atoms with E-state index in [-0.39, 0.29) is 11.9 Å². The summed E-state index contributed by atoms with van der Waals surface area (Å²) < 4.78 is 11.2. The second-order valence-electron chi connectivity index (χ2n) is 7.84. The fraction of sp³-hybridized carbons (Fsp3) is 0.682. The number of amides is 1. The summed E-state index contributed by atoms with van der Waals surface area (Å²) in [6.45, 7) is 5.96. The van der Waals surface area contributed by atoms with Gasteiger partial charge >= 0.3 is 0 Å². The molecule has 156 valence electrons. The van der Waals surface area contributed by atoms with E-state index in [4.69, 9.17) is 9.47 Å². The van der Waals surface area contributed by atoms with Gasteiger partial charge in [-0.3, -0.25) is 4.79 Å². The SMILES string of the molecule is CCCCCCCC(=O)N[C@H](CN1CCC1)[C@H](O)c1ccc2c(c1)OCCO2. The molecule has 0 aliphatic carbocycles. The minimum absolute atomic E-state index is 0.0265. The van der Waals surface area contributed by atoms with Crippen LogP contribution in [0, 0.1) is 0 Å². The van der Waals surface area contributed by atoms with E-state index in [0.29, 0.717) is 37.7 Å². The molecule has 0 aromatic heterocycles. The molecule has 2 aliphatic rings. The zero-order valence-electron chi connectivity index (χ0n) is 17.0. The molecule has 3 rings (SSSR count). The van der Waals surface area contributed by atoms with Gasteiger partial charge in [0.1, 0.15) is 19.3 Å². The number of benzene rings is 1. The maximum absolute atomic E-state index is 12.5. The van der Waals surface area contributed by atoms with Crippen LogP contribution < -0.4 is 14.8 Å². The lowest BCUT2D eigenvalue weighted by atomic mass is 9.99. The summed E-state index contributed by atoms with van der Waals surface area (Å²) in [4.78, 5) is 14.7. The lowest BCUT2D eigenvalue weighted by molar-refractivity contribution is -0.123. The summed E-state index contributed by atoms with van der Waals surface area (Å²) in [7, 11) is 0. The Morgan fingerprint density at radius 3 is 2.61 bits per heavy atom. The number of carbonyl (C=O) groups excluding carboxylic acids is 1. The molecule has 0 unspecified atom stereocenters. The topological polar surface area (TPSA) is 71.0 Å². The highest BCUT2D eigenvalue weighted by molar-refractivity contribution is 5.76. The summed E-state index contributed by atoms with van der Waals surface area (Å²) in [5.41, 5.74) is 0.748. The zero-order chi connectivity index (χ0) is 19.8. The first-order chi connectivity index (χ1) is 13.7. The molecule has 2 N–H and O–H groups in total. The van der Waals surface area contributed by atoms with Crippen LogP contribution in [0.2, 0.25) is 0 Å². The molecule has 1 amide bonds. The van der Waals surface area contributed by atoms with E-state index in [1.54, 1.807) is 0 Å². The van der Waals surface area contributed by atoms with Crippen molar-refractivity contribution in [3.05, 3.63) is 23.8 Å². The monoisotopic (exact) mass is 390 g/mol. The molecule has 0 saturated carbocycles. The Kier molecular flexibility index (Phi) is 7.98. The maximum Gasteiger partial charge on any atom is 0.220 e. The quantitative estimate of drug-likeness (QED) is 0.568. The number of rotatable bonds is 11. The van der Waals surface area contributed by atoms with Crippen LogP contribution >= 0.6 is 0 Å². The highest BCUT2D eigenvalue weighted by Gasteiger charge is 2.28. The number of fused-ring (bicyclic) bond motifs is 1. The third-order valence-corrected chi connectivity index (χ3v) is 5.55. The Morgan fingerprint density at radius 1 is 1.14 bits per heavy atom. The van der Waals surface area contributed by atoms with Crippen molar-refractivity contribution < 1.29 is 19.4 Å². The van der Waals surface area contributed by atoms with Crippen LogP contribution in [0.4, 0.5) is 0 Å². The highest BCUT2D eigenvalue weighted by Crippen LogP contribution is 2.33. The van der Waals surface area contributed by atoms with Crippen LogP contribution in [0.3, 0.4) is 0 Å². The molecule has 0 radical (unpaired) electrons. The van der Waals surface area contributed by atoms with Crippen molar-refractivity contribution in [3.63, 3.8) is 0 Å². The van der Waals surface area contributed by atoms with Crippen molar-refractivity contribution in [3.8, 4) is 11.5 Å². The Hall–Kier alpha value is -1.79. The molecule has 0 bridgehead atoms. The van der Waals surface area contributed by atoms with Crippen LogP contribution in [0.1, 0.15) is 63.5 Å². The van der Waals surface area contributed by atoms with Gasteiger partial charge in [0.05, 0.1) is 6.04 Å². The Balaban J connectivity index is 1.59. The van der Waals surface area contributed by atoms with E-state index < -0.39 is 6.10 Å². The Labute approximate surface area is 168 Å². The fourth-order valence-electron chi connectivity index (χ4n) is 3.71. The minimum Gasteiger partial charge on any atom is -0.486 e. The smallest absolute Gasteiger partial charge is 0.220 e. The molecule has 2 atom stereocenters. The molecular formula is C22H34N2O4. The predicted molar refractivity (Wildman–Crippen MR) is 109 cm³/mol. The minimum atomic E-state index is -0.777. The number of carbonyl (C=O) groups is 1. The Morgan fingerprint density at radius 2 is 1.89 bits per heavy atom. The molecule has 28 heavy (non-hydrogen) atoms. The van der Waals surface area contributed by atoms with Crippen LogP contribution in [-0.4, -0.2) is 54.8 Å². The molecule has 1 aromatic rings. The van der Waals surface area contributed by atoms with Gasteiger partial charge in [-0.25, -0.2) is 0 Å². The fourth-order valence-corrected chi connectivity index (χ4v) is 3.71. The van der Waals surface area contributed by atoms with E-state index in [1.807, 2.05) is 18.2 Å². The van der Waals surface area contributed by atoms with Gasteiger partial charge in [-0.15, -0.1) is 0 Å². The van der Waals surface area contributed by atoms with Crippen LogP contribution in [0.5, 0.6) is 11.5 Å². The molecule has 1 saturated heterocycles. The van der Waals surface area contributed by atoms with Crippen molar-refractivity contribution >= 4 is 5.91 Å². The third-order valence-electron chi connectivity index (χ3n) is 5.55. The van der Waals surface area contributed by atoms with Gasteiger partial charge < -0.3 is 24.8 Å². The average Bonchev–Trinajstić information content (AvgIpc) is 2.68. The van der Waals surface area contributed by atoms with E-state index in [0.717, 1.165) is 31.5 Å². The second kappa shape index (κ2) is 10.7. The first-order valence-corrected chi connectivity index (χ1v) is 10.8. The normalized spacial score (nSPS) is 18.2. The van der Waals surface area contributed by atoms with Gasteiger partial charge in [0.15, 0.2) is 11.5 Å². The van der Waals surface area contributed by atoms with Gasteiger partial charge in [0.25, 0.3) is 0 Å². The summed E-state index contributed by atoms with van der Waals surface area (Å²) in [5, 5.41) is 14.1. The van der Waals surface area contributed by atoms with Crippen molar-refractivity contribution in [2.75, 3.05) is 32.8 Å². The average molecular weight is 391 g/mol. The number of likely N-dealkylation sites (tertiary alicyclic amines) is 1.